The first kappa shape index (κ1) is 30.2. The van der Waals surface area contributed by atoms with E-state index in [0.717, 1.165) is 22.3 Å². The van der Waals surface area contributed by atoms with Crippen LogP contribution in [0.15, 0.2) is 77.6 Å². The van der Waals surface area contributed by atoms with E-state index in [4.69, 9.17) is 10.5 Å². The van der Waals surface area contributed by atoms with Crippen molar-refractivity contribution >= 4 is 35.0 Å². The van der Waals surface area contributed by atoms with Gasteiger partial charge >= 0.3 is 6.09 Å². The number of anilines is 1. The third kappa shape index (κ3) is 4.14. The van der Waals surface area contributed by atoms with Crippen LogP contribution < -0.4 is 11.1 Å². The van der Waals surface area contributed by atoms with E-state index in [1.807, 2.05) is 48.5 Å². The maximum absolute atomic E-state index is 13.9. The predicted molar refractivity (Wildman–Crippen MR) is 166 cm³/mol. The molecule has 5 unspecified atom stereocenters. The van der Waals surface area contributed by atoms with Crippen molar-refractivity contribution in [3.05, 3.63) is 99.8 Å². The summed E-state index contributed by atoms with van der Waals surface area (Å²) in [5.74, 6) is -9.97. The number of rotatable bonds is 4. The Balaban J connectivity index is 1.20. The highest BCUT2D eigenvalue weighted by molar-refractivity contribution is 6.23. The number of aromatic hydroxyl groups is 1. The normalized spacial score (nSPS) is 26.2. The number of fused-ring (bicyclic) bond motifs is 6. The highest BCUT2D eigenvalue weighted by atomic mass is 16.5. The summed E-state index contributed by atoms with van der Waals surface area (Å²) in [4.78, 5) is 51.4. The monoisotopic (exact) mass is 638 g/mol. The molecule has 0 saturated heterocycles. The van der Waals surface area contributed by atoms with E-state index in [0.29, 0.717) is 5.56 Å². The van der Waals surface area contributed by atoms with Crippen molar-refractivity contribution in [2.45, 2.75) is 36.9 Å². The molecule has 0 aromatic heterocycles. The summed E-state index contributed by atoms with van der Waals surface area (Å²) < 4.78 is 5.58. The molecule has 5 atom stereocenters. The van der Waals surface area contributed by atoms with E-state index in [9.17, 15) is 44.7 Å². The Morgan fingerprint density at radius 2 is 1.57 bits per heavy atom. The molecular weight excluding hydrogens is 608 g/mol. The Bertz CT molecular complexity index is 1950. The number of primary amides is 1. The molecule has 12 nitrogen and oxygen atoms in total. The summed E-state index contributed by atoms with van der Waals surface area (Å²) in [7, 11) is 0. The van der Waals surface area contributed by atoms with Gasteiger partial charge in [-0.05, 0) is 39.8 Å². The van der Waals surface area contributed by atoms with Gasteiger partial charge in [0.1, 0.15) is 29.4 Å². The first-order valence-electron chi connectivity index (χ1n) is 15.0. The Hall–Kier alpha value is -5.46. The zero-order chi connectivity index (χ0) is 33.5. The Kier molecular flexibility index (Phi) is 6.78. The minimum Gasteiger partial charge on any atom is -0.508 e. The maximum atomic E-state index is 13.9. The smallest absolute Gasteiger partial charge is 0.411 e. The number of ketones is 2. The van der Waals surface area contributed by atoms with E-state index in [2.05, 4.69) is 5.32 Å². The van der Waals surface area contributed by atoms with Crippen molar-refractivity contribution in [2.24, 2.45) is 17.6 Å². The van der Waals surface area contributed by atoms with Crippen LogP contribution in [0.2, 0.25) is 0 Å². The van der Waals surface area contributed by atoms with Crippen LogP contribution in [0.1, 0.15) is 47.4 Å². The topological polar surface area (TPSA) is 217 Å². The third-order valence-electron chi connectivity index (χ3n) is 10.1. The average molecular weight is 639 g/mol. The lowest BCUT2D eigenvalue weighted by molar-refractivity contribution is -0.160. The van der Waals surface area contributed by atoms with E-state index >= 15 is 0 Å². The van der Waals surface area contributed by atoms with Crippen molar-refractivity contribution in [3.8, 4) is 16.9 Å². The quantitative estimate of drug-likeness (QED) is 0.163. The van der Waals surface area contributed by atoms with E-state index in [-0.39, 0.29) is 23.8 Å². The largest absolute Gasteiger partial charge is 0.508 e. The fourth-order valence-corrected chi connectivity index (χ4v) is 7.84. The molecular formula is C35H30N2O10. The average Bonchev–Trinajstić information content (AvgIpc) is 3.36. The van der Waals surface area contributed by atoms with Gasteiger partial charge in [-0.15, -0.1) is 0 Å². The lowest BCUT2D eigenvalue weighted by Gasteiger charge is -2.50. The van der Waals surface area contributed by atoms with Crippen LogP contribution in [0.4, 0.5) is 10.5 Å². The second kappa shape index (κ2) is 10.5. The number of carbonyl (C=O) groups is 4. The fraction of sp³-hybridized carbons (Fsp3) is 0.257. The van der Waals surface area contributed by atoms with Gasteiger partial charge in [0.15, 0.2) is 11.4 Å². The molecule has 0 radical (unpaired) electrons. The molecule has 4 aliphatic carbocycles. The minimum atomic E-state index is -2.94. The van der Waals surface area contributed by atoms with E-state index < -0.39 is 87.9 Å². The number of benzene rings is 3. The number of amides is 2. The van der Waals surface area contributed by atoms with E-state index in [1.165, 1.54) is 12.1 Å². The second-order valence-corrected chi connectivity index (χ2v) is 12.4. The molecule has 1 fully saturated rings. The van der Waals surface area contributed by atoms with Crippen molar-refractivity contribution in [1.82, 2.24) is 0 Å². The molecule has 4 aliphatic rings. The summed E-state index contributed by atoms with van der Waals surface area (Å²) in [5, 5.41) is 58.8. The molecule has 12 heteroatoms. The van der Waals surface area contributed by atoms with Gasteiger partial charge in [-0.1, -0.05) is 61.5 Å². The van der Waals surface area contributed by atoms with Crippen LogP contribution in [0.25, 0.3) is 16.9 Å². The summed E-state index contributed by atoms with van der Waals surface area (Å²) >= 11 is 0. The lowest BCUT2D eigenvalue weighted by Crippen LogP contribution is -2.63. The van der Waals surface area contributed by atoms with Gasteiger partial charge in [0.25, 0.3) is 5.91 Å². The fourth-order valence-electron chi connectivity index (χ4n) is 7.84. The number of phenolic OH excluding ortho intramolecular Hbond substituents is 1. The summed E-state index contributed by atoms with van der Waals surface area (Å²) in [6, 6.07) is 18.5. The first-order chi connectivity index (χ1) is 22.4. The van der Waals surface area contributed by atoms with Crippen LogP contribution in [-0.2, 0) is 19.1 Å². The third-order valence-corrected chi connectivity index (χ3v) is 10.1. The van der Waals surface area contributed by atoms with Gasteiger partial charge in [0.05, 0.1) is 17.4 Å². The van der Waals surface area contributed by atoms with Gasteiger partial charge in [0, 0.05) is 29.7 Å². The number of ether oxygens (including phenoxy) is 1. The van der Waals surface area contributed by atoms with Crippen molar-refractivity contribution < 1.29 is 49.4 Å². The highest BCUT2D eigenvalue weighted by Crippen LogP contribution is 2.56. The van der Waals surface area contributed by atoms with Crippen LogP contribution >= 0.6 is 0 Å². The zero-order valence-electron chi connectivity index (χ0n) is 24.9. The zero-order valence-corrected chi connectivity index (χ0v) is 24.9. The number of aliphatic hydroxyl groups excluding tert-OH is 3. The standard InChI is InChI=1S/C35H30N2O10/c1-14-15-10-11-22(37-34(45)47-13-20-18-8-4-2-6-16(18)17-7-3-5-9-19(17)20)29(40)25(15)30(41)27-24(14)28(39)21-12-23(38)26(33(36)44)31(42)35(21,46)32(27)43/h2-11,14,20-21,24,28,39-42,46H,12-13H2,1H3,(H2,36,44)(H,37,45). The lowest BCUT2D eigenvalue weighted by atomic mass is 9.55. The molecule has 7 rings (SSSR count). The van der Waals surface area contributed by atoms with Gasteiger partial charge in [0.2, 0.25) is 5.78 Å². The molecule has 0 bridgehead atoms. The second-order valence-electron chi connectivity index (χ2n) is 12.4. The van der Waals surface area contributed by atoms with E-state index in [1.54, 1.807) is 6.92 Å². The number of hydrogen-bond acceptors (Lipinski definition) is 10. The number of nitrogens with one attached hydrogen (secondary N) is 1. The molecule has 3 aromatic rings. The SMILES string of the molecule is CC1c2ccc(NC(=O)OCC3c4ccccc4-c4ccccc43)c(O)c2C(O)=C2C(=O)C3(O)C(O)=C(C(N)=O)C(=O)CC3C(O)C21. The van der Waals surface area contributed by atoms with Gasteiger partial charge in [-0.25, -0.2) is 4.79 Å². The Morgan fingerprint density at radius 3 is 2.19 bits per heavy atom. The molecule has 240 valence electrons. The number of phenols is 1. The number of hydrogen-bond donors (Lipinski definition) is 7. The van der Waals surface area contributed by atoms with Crippen LogP contribution in [0.3, 0.4) is 0 Å². The van der Waals surface area contributed by atoms with Crippen LogP contribution in [0, 0.1) is 11.8 Å². The Labute approximate surface area is 267 Å². The number of carbonyl (C=O) groups excluding carboxylic acids is 4. The van der Waals surface area contributed by atoms with Crippen LogP contribution in [-0.4, -0.2) is 67.4 Å². The molecule has 0 heterocycles. The molecule has 0 aliphatic heterocycles. The maximum Gasteiger partial charge on any atom is 0.411 e. The van der Waals surface area contributed by atoms with Crippen molar-refractivity contribution in [1.29, 1.82) is 0 Å². The summed E-state index contributed by atoms with van der Waals surface area (Å²) in [6.45, 7) is 1.61. The minimum absolute atomic E-state index is 0.00147. The van der Waals surface area contributed by atoms with Gasteiger partial charge in [-0.2, -0.15) is 0 Å². The predicted octanol–water partition coefficient (Wildman–Crippen LogP) is 3.32. The summed E-state index contributed by atoms with van der Waals surface area (Å²) in [5.41, 5.74) is 4.82. The molecule has 8 N–H and O–H groups in total. The molecule has 2 amide bonds. The molecule has 0 spiro atoms. The van der Waals surface area contributed by atoms with Crippen LogP contribution in [0.5, 0.6) is 5.75 Å². The number of nitrogens with two attached hydrogens (primary N) is 1. The highest BCUT2D eigenvalue weighted by Gasteiger charge is 2.65. The molecule has 47 heavy (non-hydrogen) atoms. The molecule has 1 saturated carbocycles. The number of aliphatic hydroxyl groups is 4. The summed E-state index contributed by atoms with van der Waals surface area (Å²) in [6.07, 6.45) is -3.19. The Morgan fingerprint density at radius 1 is 0.957 bits per heavy atom. The van der Waals surface area contributed by atoms with Gasteiger partial charge < -0.3 is 36.0 Å². The van der Waals surface area contributed by atoms with Crippen molar-refractivity contribution in [2.75, 3.05) is 11.9 Å². The van der Waals surface area contributed by atoms with Gasteiger partial charge in [-0.3, -0.25) is 19.7 Å². The first-order valence-corrected chi connectivity index (χ1v) is 15.0. The molecule has 3 aromatic carbocycles. The van der Waals surface area contributed by atoms with Crippen molar-refractivity contribution in [3.63, 3.8) is 0 Å². The number of Topliss-reactive ketones (excluding diaryl/α,β-unsaturated/α-hetero) is 2.